The van der Waals surface area contributed by atoms with E-state index >= 15 is 0 Å². The van der Waals surface area contributed by atoms with E-state index in [1.54, 1.807) is 6.07 Å². The Morgan fingerprint density at radius 1 is 1.32 bits per heavy atom. The highest BCUT2D eigenvalue weighted by atomic mass is 19.1. The number of hydrogen-bond acceptors (Lipinski definition) is 3. The average molecular weight is 268 g/mol. The van der Waals surface area contributed by atoms with Gasteiger partial charge < -0.3 is 15.4 Å². The van der Waals surface area contributed by atoms with Gasteiger partial charge in [-0.1, -0.05) is 6.07 Å². The molecule has 0 saturated heterocycles. The smallest absolute Gasteiger partial charge is 0.146 e. The summed E-state index contributed by atoms with van der Waals surface area (Å²) in [6.07, 6.45) is 0.892. The molecule has 0 heterocycles. The minimum absolute atomic E-state index is 0.0439. The molecule has 4 heteroatoms. The summed E-state index contributed by atoms with van der Waals surface area (Å²) in [4.78, 5) is 1.87. The van der Waals surface area contributed by atoms with Crippen molar-refractivity contribution >= 4 is 5.69 Å². The Balaban J connectivity index is 2.62. The average Bonchev–Trinajstić information content (AvgIpc) is 2.27. The third-order valence-electron chi connectivity index (χ3n) is 2.86. The van der Waals surface area contributed by atoms with Crippen LogP contribution < -0.4 is 10.6 Å². The summed E-state index contributed by atoms with van der Waals surface area (Å²) < 4.78 is 19.5. The van der Waals surface area contributed by atoms with E-state index in [1.165, 1.54) is 0 Å². The number of anilines is 1. The fraction of sp³-hybridized carbons (Fsp3) is 0.600. The minimum Gasteiger partial charge on any atom is -0.377 e. The molecule has 1 unspecified atom stereocenters. The van der Waals surface area contributed by atoms with E-state index in [-0.39, 0.29) is 18.0 Å². The number of hydrogen-bond donors (Lipinski definition) is 1. The van der Waals surface area contributed by atoms with E-state index in [9.17, 15) is 4.39 Å². The quantitative estimate of drug-likeness (QED) is 0.826. The first-order valence-corrected chi connectivity index (χ1v) is 6.77. The molecule has 19 heavy (non-hydrogen) atoms. The van der Waals surface area contributed by atoms with Crippen LogP contribution in [-0.4, -0.2) is 32.3 Å². The first-order chi connectivity index (χ1) is 8.90. The Morgan fingerprint density at radius 3 is 2.53 bits per heavy atom. The van der Waals surface area contributed by atoms with Gasteiger partial charge in [0.2, 0.25) is 0 Å². The summed E-state index contributed by atoms with van der Waals surface area (Å²) in [6, 6.07) is 5.35. The topological polar surface area (TPSA) is 38.5 Å². The van der Waals surface area contributed by atoms with Gasteiger partial charge in [0.05, 0.1) is 18.4 Å². The molecule has 3 nitrogen and oxygen atoms in total. The van der Waals surface area contributed by atoms with Crippen LogP contribution in [0.2, 0.25) is 0 Å². The van der Waals surface area contributed by atoms with Gasteiger partial charge in [-0.25, -0.2) is 4.39 Å². The molecule has 1 rings (SSSR count). The number of likely N-dealkylation sites (N-methyl/N-ethyl adjacent to an activating group) is 1. The van der Waals surface area contributed by atoms with E-state index in [4.69, 9.17) is 10.5 Å². The van der Waals surface area contributed by atoms with Crippen LogP contribution in [0.15, 0.2) is 18.2 Å². The molecule has 0 aliphatic rings. The monoisotopic (exact) mass is 268 g/mol. The van der Waals surface area contributed by atoms with E-state index < -0.39 is 0 Å². The van der Waals surface area contributed by atoms with Gasteiger partial charge in [0.15, 0.2) is 0 Å². The fourth-order valence-electron chi connectivity index (χ4n) is 1.90. The SMILES string of the molecule is CC(N)Cc1ccc(N(C)CCOC(C)C)c(F)c1. The molecule has 0 spiro atoms. The molecular weight excluding hydrogens is 243 g/mol. The van der Waals surface area contributed by atoms with Crippen molar-refractivity contribution < 1.29 is 9.13 Å². The zero-order chi connectivity index (χ0) is 14.4. The third-order valence-corrected chi connectivity index (χ3v) is 2.86. The summed E-state index contributed by atoms with van der Waals surface area (Å²) in [5, 5.41) is 0. The van der Waals surface area contributed by atoms with Crippen LogP contribution in [0.1, 0.15) is 26.3 Å². The molecular formula is C15H25FN2O. The maximum absolute atomic E-state index is 14.0. The van der Waals surface area contributed by atoms with Crippen molar-refractivity contribution in [3.05, 3.63) is 29.6 Å². The van der Waals surface area contributed by atoms with Gasteiger partial charge in [-0.15, -0.1) is 0 Å². The van der Waals surface area contributed by atoms with Crippen LogP contribution >= 0.6 is 0 Å². The van der Waals surface area contributed by atoms with Gasteiger partial charge in [-0.05, 0) is 44.9 Å². The third kappa shape index (κ3) is 5.57. The molecule has 1 atom stereocenters. The first-order valence-electron chi connectivity index (χ1n) is 6.77. The molecule has 1 aromatic carbocycles. The standard InChI is InChI=1S/C15H25FN2O/c1-11(2)19-8-7-18(4)15-6-5-13(9-12(3)17)10-14(15)16/h5-6,10-12H,7-9,17H2,1-4H3. The Morgan fingerprint density at radius 2 is 2.00 bits per heavy atom. The maximum atomic E-state index is 14.0. The first kappa shape index (κ1) is 15.9. The lowest BCUT2D eigenvalue weighted by Crippen LogP contribution is -2.25. The number of ether oxygens (including phenoxy) is 1. The summed E-state index contributed by atoms with van der Waals surface area (Å²) in [7, 11) is 1.87. The molecule has 0 aliphatic carbocycles. The van der Waals surface area contributed by atoms with Crippen LogP contribution in [0.5, 0.6) is 0 Å². The van der Waals surface area contributed by atoms with E-state index in [0.29, 0.717) is 25.3 Å². The minimum atomic E-state index is -0.204. The summed E-state index contributed by atoms with van der Waals surface area (Å²) in [5.41, 5.74) is 7.25. The number of nitrogens with two attached hydrogens (primary N) is 1. The predicted molar refractivity (Wildman–Crippen MR) is 78.1 cm³/mol. The molecule has 0 fully saturated rings. The number of benzene rings is 1. The molecule has 1 aromatic rings. The number of halogens is 1. The number of rotatable bonds is 7. The molecule has 0 radical (unpaired) electrons. The predicted octanol–water partition coefficient (Wildman–Crippen LogP) is 2.58. The van der Waals surface area contributed by atoms with Crippen LogP contribution in [0.3, 0.4) is 0 Å². The van der Waals surface area contributed by atoms with Crippen LogP contribution in [0, 0.1) is 5.82 Å². The van der Waals surface area contributed by atoms with Gasteiger partial charge >= 0.3 is 0 Å². The van der Waals surface area contributed by atoms with Gasteiger partial charge in [0, 0.05) is 19.6 Å². The van der Waals surface area contributed by atoms with Crippen molar-refractivity contribution in [3.63, 3.8) is 0 Å². The summed E-state index contributed by atoms with van der Waals surface area (Å²) in [5.74, 6) is -0.204. The molecule has 2 N–H and O–H groups in total. The highest BCUT2D eigenvalue weighted by Gasteiger charge is 2.09. The maximum Gasteiger partial charge on any atom is 0.146 e. The molecule has 0 amide bonds. The van der Waals surface area contributed by atoms with Gasteiger partial charge in [-0.3, -0.25) is 0 Å². The second kappa shape index (κ2) is 7.46. The normalized spacial score (nSPS) is 12.8. The second-order valence-corrected chi connectivity index (χ2v) is 5.31. The second-order valence-electron chi connectivity index (χ2n) is 5.31. The summed E-state index contributed by atoms with van der Waals surface area (Å²) >= 11 is 0. The largest absolute Gasteiger partial charge is 0.377 e. The van der Waals surface area contributed by atoms with E-state index in [1.807, 2.05) is 44.9 Å². The van der Waals surface area contributed by atoms with E-state index in [2.05, 4.69) is 0 Å². The van der Waals surface area contributed by atoms with Crippen molar-refractivity contribution in [1.82, 2.24) is 0 Å². The zero-order valence-corrected chi connectivity index (χ0v) is 12.3. The molecule has 108 valence electrons. The molecule has 0 aromatic heterocycles. The lowest BCUT2D eigenvalue weighted by Gasteiger charge is -2.21. The van der Waals surface area contributed by atoms with Crippen LogP contribution in [0.4, 0.5) is 10.1 Å². The van der Waals surface area contributed by atoms with Crippen molar-refractivity contribution in [2.45, 2.75) is 39.3 Å². The fourth-order valence-corrected chi connectivity index (χ4v) is 1.90. The van der Waals surface area contributed by atoms with Gasteiger partial charge in [-0.2, -0.15) is 0 Å². The van der Waals surface area contributed by atoms with Crippen molar-refractivity contribution in [2.24, 2.45) is 5.73 Å². The van der Waals surface area contributed by atoms with Crippen LogP contribution in [-0.2, 0) is 11.2 Å². The number of nitrogens with zero attached hydrogens (tertiary/aromatic N) is 1. The molecule has 0 bridgehead atoms. The zero-order valence-electron chi connectivity index (χ0n) is 12.3. The lowest BCUT2D eigenvalue weighted by atomic mass is 10.1. The molecule has 0 aliphatic heterocycles. The Bertz CT molecular complexity index is 394. The lowest BCUT2D eigenvalue weighted by molar-refractivity contribution is 0.0845. The summed E-state index contributed by atoms with van der Waals surface area (Å²) in [6.45, 7) is 7.16. The highest BCUT2D eigenvalue weighted by molar-refractivity contribution is 5.48. The Labute approximate surface area is 115 Å². The van der Waals surface area contributed by atoms with Gasteiger partial charge in [0.25, 0.3) is 0 Å². The Hall–Kier alpha value is -1.13. The van der Waals surface area contributed by atoms with Gasteiger partial charge in [0.1, 0.15) is 5.82 Å². The van der Waals surface area contributed by atoms with Crippen molar-refractivity contribution in [1.29, 1.82) is 0 Å². The molecule has 0 saturated carbocycles. The van der Waals surface area contributed by atoms with Crippen molar-refractivity contribution in [2.75, 3.05) is 25.1 Å². The van der Waals surface area contributed by atoms with Crippen molar-refractivity contribution in [3.8, 4) is 0 Å². The van der Waals surface area contributed by atoms with Crippen LogP contribution in [0.25, 0.3) is 0 Å². The van der Waals surface area contributed by atoms with E-state index in [0.717, 1.165) is 5.56 Å². The Kier molecular flexibility index (Phi) is 6.25. The highest BCUT2D eigenvalue weighted by Crippen LogP contribution is 2.20.